The van der Waals surface area contributed by atoms with Crippen molar-refractivity contribution in [3.8, 4) is 17.1 Å². The van der Waals surface area contributed by atoms with Crippen LogP contribution in [-0.2, 0) is 12.0 Å². The number of ether oxygens (including phenoxy) is 1. The Hall–Kier alpha value is -3.40. The van der Waals surface area contributed by atoms with Gasteiger partial charge in [-0.25, -0.2) is 4.98 Å². The van der Waals surface area contributed by atoms with E-state index in [1.165, 1.54) is 43.2 Å². The van der Waals surface area contributed by atoms with Gasteiger partial charge in [-0.1, -0.05) is 48.9 Å². The molecule has 0 aliphatic heterocycles. The molecule has 2 aromatic carbocycles. The van der Waals surface area contributed by atoms with Crippen LogP contribution in [0.25, 0.3) is 11.3 Å². The molecule has 2 bridgehead atoms. The van der Waals surface area contributed by atoms with Crippen LogP contribution in [0.5, 0.6) is 5.75 Å². The first-order valence-electron chi connectivity index (χ1n) is 11.4. The van der Waals surface area contributed by atoms with Crippen LogP contribution in [0.1, 0.15) is 42.5 Å². The minimum absolute atomic E-state index is 0.0857. The van der Waals surface area contributed by atoms with Crippen molar-refractivity contribution < 1.29 is 9.15 Å². The van der Waals surface area contributed by atoms with Gasteiger partial charge in [0.25, 0.3) is 0 Å². The first kappa shape index (κ1) is 19.3. The molecule has 4 aromatic rings. The number of oxazole rings is 1. The van der Waals surface area contributed by atoms with Crippen molar-refractivity contribution >= 4 is 0 Å². The van der Waals surface area contributed by atoms with E-state index in [-0.39, 0.29) is 5.41 Å². The summed E-state index contributed by atoms with van der Waals surface area (Å²) in [6.07, 6.45) is 10.3. The van der Waals surface area contributed by atoms with E-state index in [4.69, 9.17) is 9.15 Å². The second-order valence-electron chi connectivity index (χ2n) is 9.13. The van der Waals surface area contributed by atoms with Crippen LogP contribution >= 0.6 is 0 Å². The van der Waals surface area contributed by atoms with E-state index in [9.17, 15) is 0 Å². The van der Waals surface area contributed by atoms with Crippen LogP contribution in [0.15, 0.2) is 89.9 Å². The third-order valence-electron chi connectivity index (χ3n) is 7.45. The molecule has 0 N–H and O–H groups in total. The van der Waals surface area contributed by atoms with Crippen molar-refractivity contribution in [1.29, 1.82) is 0 Å². The lowest BCUT2D eigenvalue weighted by molar-refractivity contribution is 0.299. The van der Waals surface area contributed by atoms with E-state index < -0.39 is 0 Å². The van der Waals surface area contributed by atoms with Crippen molar-refractivity contribution in [2.75, 3.05) is 0 Å². The molecular formula is C28H26N2O2. The SMILES string of the molecule is c1ccc(COc2ccc([C@@]3(c4ccc(-c5cnco5)cc4)CC4CCC3C4)cc2)nc1. The lowest BCUT2D eigenvalue weighted by Crippen LogP contribution is -2.33. The van der Waals surface area contributed by atoms with Crippen molar-refractivity contribution in [3.05, 3.63) is 102 Å². The predicted octanol–water partition coefficient (Wildman–Crippen LogP) is 6.42. The zero-order valence-corrected chi connectivity index (χ0v) is 18.0. The Morgan fingerprint density at radius 3 is 2.38 bits per heavy atom. The van der Waals surface area contributed by atoms with Gasteiger partial charge in [0.15, 0.2) is 12.2 Å². The highest BCUT2D eigenvalue weighted by molar-refractivity contribution is 5.58. The largest absolute Gasteiger partial charge is 0.487 e. The van der Waals surface area contributed by atoms with E-state index in [1.54, 1.807) is 12.4 Å². The van der Waals surface area contributed by atoms with Gasteiger partial charge in [-0.2, -0.15) is 0 Å². The standard InChI is InChI=1S/C28H26N2O2/c1-2-14-30-25(3-1)18-31-26-12-10-23(11-13-26)28(16-20-4-7-24(28)15-20)22-8-5-21(6-9-22)27-17-29-19-32-27/h1-3,5-6,8-14,17,19-20,24H,4,7,15-16,18H2/t20?,24?,28-/m0/s1. The van der Waals surface area contributed by atoms with Gasteiger partial charge in [0, 0.05) is 17.2 Å². The van der Waals surface area contributed by atoms with E-state index >= 15 is 0 Å². The molecule has 2 aliphatic rings. The fourth-order valence-corrected chi connectivity index (χ4v) is 5.98. The number of rotatable bonds is 6. The maximum Gasteiger partial charge on any atom is 0.181 e. The summed E-state index contributed by atoms with van der Waals surface area (Å²) < 4.78 is 11.5. The van der Waals surface area contributed by atoms with Gasteiger partial charge in [-0.15, -0.1) is 0 Å². The highest BCUT2D eigenvalue weighted by atomic mass is 16.5. The van der Waals surface area contributed by atoms with Gasteiger partial charge in [-0.05, 0) is 66.5 Å². The Balaban J connectivity index is 1.29. The molecule has 0 amide bonds. The Morgan fingerprint density at radius 2 is 1.75 bits per heavy atom. The molecule has 2 aliphatic carbocycles. The van der Waals surface area contributed by atoms with Crippen molar-refractivity contribution in [2.24, 2.45) is 11.8 Å². The lowest BCUT2D eigenvalue weighted by Gasteiger charge is -2.39. The molecule has 0 radical (unpaired) electrons. The summed E-state index contributed by atoms with van der Waals surface area (Å²) in [6.45, 7) is 0.485. The summed E-state index contributed by atoms with van der Waals surface area (Å²) in [6, 6.07) is 23.6. The minimum atomic E-state index is 0.0857. The van der Waals surface area contributed by atoms with E-state index in [1.807, 2.05) is 18.2 Å². The fourth-order valence-electron chi connectivity index (χ4n) is 5.98. The summed E-state index contributed by atoms with van der Waals surface area (Å²) in [5.41, 5.74) is 4.91. The molecule has 4 nitrogen and oxygen atoms in total. The molecule has 6 rings (SSSR count). The average Bonchev–Trinajstić information content (AvgIpc) is 3.62. The zero-order chi connectivity index (χ0) is 21.4. The summed E-state index contributed by atoms with van der Waals surface area (Å²) in [4.78, 5) is 8.39. The average molecular weight is 423 g/mol. The van der Waals surface area contributed by atoms with Crippen LogP contribution in [0.4, 0.5) is 0 Å². The molecule has 2 fully saturated rings. The molecule has 4 heteroatoms. The van der Waals surface area contributed by atoms with Crippen LogP contribution in [0.3, 0.4) is 0 Å². The van der Waals surface area contributed by atoms with Crippen molar-refractivity contribution in [2.45, 2.75) is 37.7 Å². The quantitative estimate of drug-likeness (QED) is 0.360. The maximum atomic E-state index is 5.99. The molecule has 3 atom stereocenters. The van der Waals surface area contributed by atoms with Crippen LogP contribution in [-0.4, -0.2) is 9.97 Å². The van der Waals surface area contributed by atoms with Crippen LogP contribution < -0.4 is 4.74 Å². The van der Waals surface area contributed by atoms with Crippen molar-refractivity contribution in [3.63, 3.8) is 0 Å². The second-order valence-corrected chi connectivity index (χ2v) is 9.13. The van der Waals surface area contributed by atoms with Gasteiger partial charge in [-0.3, -0.25) is 4.98 Å². The normalized spacial score (nSPS) is 24.0. The first-order chi connectivity index (χ1) is 15.8. The van der Waals surface area contributed by atoms with Crippen LogP contribution in [0.2, 0.25) is 0 Å². The molecule has 0 saturated heterocycles. The second kappa shape index (κ2) is 7.94. The lowest BCUT2D eigenvalue weighted by atomic mass is 9.64. The fraction of sp³-hybridized carbons (Fsp3) is 0.286. The summed E-state index contributed by atoms with van der Waals surface area (Å²) in [5, 5.41) is 0. The van der Waals surface area contributed by atoms with Gasteiger partial charge in [0.1, 0.15) is 12.4 Å². The summed E-state index contributed by atoms with van der Waals surface area (Å²) in [7, 11) is 0. The van der Waals surface area contributed by atoms with Gasteiger partial charge in [0.05, 0.1) is 11.9 Å². The molecule has 2 heterocycles. The number of aromatic nitrogens is 2. The first-order valence-corrected chi connectivity index (χ1v) is 11.4. The number of fused-ring (bicyclic) bond motifs is 2. The Morgan fingerprint density at radius 1 is 0.938 bits per heavy atom. The highest BCUT2D eigenvalue weighted by Gasteiger charge is 2.52. The van der Waals surface area contributed by atoms with Gasteiger partial charge >= 0.3 is 0 Å². The molecule has 160 valence electrons. The topological polar surface area (TPSA) is 48.2 Å². The number of benzene rings is 2. The number of nitrogens with zero attached hydrogens (tertiary/aromatic N) is 2. The van der Waals surface area contributed by atoms with E-state index in [0.717, 1.165) is 28.7 Å². The van der Waals surface area contributed by atoms with Gasteiger partial charge in [0.2, 0.25) is 0 Å². The molecule has 2 unspecified atom stereocenters. The third kappa shape index (κ3) is 3.31. The number of pyridine rings is 1. The maximum absolute atomic E-state index is 5.99. The third-order valence-corrected chi connectivity index (χ3v) is 7.45. The number of hydrogen-bond donors (Lipinski definition) is 0. The van der Waals surface area contributed by atoms with E-state index in [2.05, 4.69) is 58.5 Å². The molecule has 32 heavy (non-hydrogen) atoms. The Labute approximate surface area is 188 Å². The molecule has 2 aromatic heterocycles. The smallest absolute Gasteiger partial charge is 0.181 e. The molecule has 0 spiro atoms. The van der Waals surface area contributed by atoms with Crippen LogP contribution in [0, 0.1) is 11.8 Å². The highest BCUT2D eigenvalue weighted by Crippen LogP contribution is 2.60. The Bertz CT molecular complexity index is 1170. The van der Waals surface area contributed by atoms with Crippen molar-refractivity contribution in [1.82, 2.24) is 9.97 Å². The molecular weight excluding hydrogens is 396 g/mol. The molecule has 2 saturated carbocycles. The summed E-state index contributed by atoms with van der Waals surface area (Å²) in [5.74, 6) is 3.23. The predicted molar refractivity (Wildman–Crippen MR) is 123 cm³/mol. The Kier molecular flexibility index (Phi) is 4.79. The zero-order valence-electron chi connectivity index (χ0n) is 18.0. The number of hydrogen-bond acceptors (Lipinski definition) is 4. The van der Waals surface area contributed by atoms with Gasteiger partial charge < -0.3 is 9.15 Å². The van der Waals surface area contributed by atoms with E-state index in [0.29, 0.717) is 12.5 Å². The minimum Gasteiger partial charge on any atom is -0.487 e. The summed E-state index contributed by atoms with van der Waals surface area (Å²) >= 11 is 0. The monoisotopic (exact) mass is 422 g/mol.